The van der Waals surface area contributed by atoms with E-state index in [2.05, 4.69) is 0 Å². The second-order valence-electron chi connectivity index (χ2n) is 5.82. The molecule has 1 unspecified atom stereocenters. The summed E-state index contributed by atoms with van der Waals surface area (Å²) in [6, 6.07) is 11.4. The van der Waals surface area contributed by atoms with Crippen LogP contribution in [0.2, 0.25) is 5.02 Å². The van der Waals surface area contributed by atoms with Gasteiger partial charge in [-0.1, -0.05) is 23.7 Å². The Bertz CT molecular complexity index is 891. The highest BCUT2D eigenvalue weighted by Crippen LogP contribution is 2.39. The fourth-order valence-corrected chi connectivity index (χ4v) is 3.15. The Morgan fingerprint density at radius 3 is 2.42 bits per heavy atom. The number of nitrogens with zero attached hydrogens (tertiary/aromatic N) is 1. The van der Waals surface area contributed by atoms with Crippen LogP contribution in [0.15, 0.2) is 54.1 Å². The van der Waals surface area contributed by atoms with Crippen molar-refractivity contribution in [2.75, 3.05) is 13.2 Å². The Morgan fingerprint density at radius 2 is 1.81 bits per heavy atom. The van der Waals surface area contributed by atoms with Crippen LogP contribution in [0, 0.1) is 0 Å². The van der Waals surface area contributed by atoms with E-state index >= 15 is 0 Å². The van der Waals surface area contributed by atoms with Crippen molar-refractivity contribution in [1.82, 2.24) is 4.90 Å². The number of carbonyl (C=O) groups is 2. The number of hydrogen-bond acceptors (Lipinski definition) is 5. The van der Waals surface area contributed by atoms with Crippen molar-refractivity contribution in [1.29, 1.82) is 0 Å². The lowest BCUT2D eigenvalue weighted by Crippen LogP contribution is -2.32. The van der Waals surface area contributed by atoms with Gasteiger partial charge in [0.2, 0.25) is 0 Å². The molecule has 7 heteroatoms. The number of aliphatic hydroxyl groups is 2. The summed E-state index contributed by atoms with van der Waals surface area (Å²) < 4.78 is 0. The number of likely N-dealkylation sites (tertiary alicyclic amines) is 1. The molecule has 6 nitrogen and oxygen atoms in total. The first-order valence-electron chi connectivity index (χ1n) is 7.88. The van der Waals surface area contributed by atoms with E-state index in [1.54, 1.807) is 24.3 Å². The minimum absolute atomic E-state index is 0.0384. The number of halogens is 1. The molecule has 1 amide bonds. The molecule has 3 N–H and O–H groups in total. The van der Waals surface area contributed by atoms with Crippen molar-refractivity contribution >= 4 is 29.1 Å². The van der Waals surface area contributed by atoms with Gasteiger partial charge < -0.3 is 20.2 Å². The SMILES string of the molecule is O=C1C(=O)N(CCO)C(c2cccc(O)c2)/C1=C(/O)c1ccc(Cl)cc1. The summed E-state index contributed by atoms with van der Waals surface area (Å²) >= 11 is 5.85. The monoisotopic (exact) mass is 373 g/mol. The largest absolute Gasteiger partial charge is 0.508 e. The van der Waals surface area contributed by atoms with Crippen LogP contribution in [0.1, 0.15) is 17.2 Å². The molecule has 0 saturated carbocycles. The number of aromatic hydroxyl groups is 1. The Hall–Kier alpha value is -2.83. The lowest BCUT2D eigenvalue weighted by atomic mass is 9.95. The number of aliphatic hydroxyl groups excluding tert-OH is 2. The van der Waals surface area contributed by atoms with Gasteiger partial charge in [-0.05, 0) is 42.0 Å². The molecule has 0 bridgehead atoms. The van der Waals surface area contributed by atoms with Crippen LogP contribution in [0.4, 0.5) is 0 Å². The zero-order valence-corrected chi connectivity index (χ0v) is 14.3. The number of amides is 1. The minimum Gasteiger partial charge on any atom is -0.508 e. The molecule has 0 aromatic heterocycles. The quantitative estimate of drug-likeness (QED) is 0.434. The molecule has 2 aromatic rings. The van der Waals surface area contributed by atoms with E-state index in [-0.39, 0.29) is 30.2 Å². The maximum absolute atomic E-state index is 12.6. The zero-order valence-electron chi connectivity index (χ0n) is 13.6. The fourth-order valence-electron chi connectivity index (χ4n) is 3.02. The van der Waals surface area contributed by atoms with Gasteiger partial charge in [-0.15, -0.1) is 0 Å². The van der Waals surface area contributed by atoms with Crippen LogP contribution in [0.5, 0.6) is 5.75 Å². The van der Waals surface area contributed by atoms with Crippen molar-refractivity contribution in [2.24, 2.45) is 0 Å². The van der Waals surface area contributed by atoms with Crippen molar-refractivity contribution in [3.63, 3.8) is 0 Å². The van der Waals surface area contributed by atoms with Crippen molar-refractivity contribution in [3.05, 3.63) is 70.3 Å². The van der Waals surface area contributed by atoms with Gasteiger partial charge in [0.05, 0.1) is 18.2 Å². The third kappa shape index (κ3) is 3.16. The standard InChI is InChI=1S/C19H16ClNO5/c20-13-6-4-11(5-7-13)17(24)15-16(12-2-1-3-14(23)10-12)21(8-9-22)19(26)18(15)25/h1-7,10,16,22-24H,8-9H2/b17-15-. The highest BCUT2D eigenvalue weighted by atomic mass is 35.5. The molecular weight excluding hydrogens is 358 g/mol. The molecule has 3 rings (SSSR count). The van der Waals surface area contributed by atoms with Gasteiger partial charge in [0.1, 0.15) is 11.5 Å². The summed E-state index contributed by atoms with van der Waals surface area (Å²) in [4.78, 5) is 26.1. The lowest BCUT2D eigenvalue weighted by Gasteiger charge is -2.24. The van der Waals surface area contributed by atoms with E-state index in [1.165, 1.54) is 29.2 Å². The first kappa shape index (κ1) is 18.0. The smallest absolute Gasteiger partial charge is 0.295 e. The summed E-state index contributed by atoms with van der Waals surface area (Å²) in [5.74, 6) is -2.04. The van der Waals surface area contributed by atoms with Crippen LogP contribution in [-0.2, 0) is 9.59 Å². The molecule has 26 heavy (non-hydrogen) atoms. The predicted molar refractivity (Wildman–Crippen MR) is 95.7 cm³/mol. The number of phenolic OH excluding ortho intramolecular Hbond substituents is 1. The molecule has 0 aliphatic carbocycles. The maximum Gasteiger partial charge on any atom is 0.295 e. The second-order valence-corrected chi connectivity index (χ2v) is 6.25. The predicted octanol–water partition coefficient (Wildman–Crippen LogP) is 2.46. The van der Waals surface area contributed by atoms with Crippen LogP contribution in [0.3, 0.4) is 0 Å². The number of carbonyl (C=O) groups excluding carboxylic acids is 2. The summed E-state index contributed by atoms with van der Waals surface area (Å²) in [5, 5.41) is 30.2. The topological polar surface area (TPSA) is 98.1 Å². The third-order valence-corrected chi connectivity index (χ3v) is 4.44. The Labute approximate surface area is 154 Å². The average molecular weight is 374 g/mol. The Kier molecular flexibility index (Phi) is 4.97. The third-order valence-electron chi connectivity index (χ3n) is 4.18. The summed E-state index contributed by atoms with van der Waals surface area (Å²) in [5.41, 5.74) is 0.686. The number of rotatable bonds is 4. The molecule has 0 radical (unpaired) electrons. The van der Waals surface area contributed by atoms with Crippen LogP contribution >= 0.6 is 11.6 Å². The first-order chi connectivity index (χ1) is 12.4. The fraction of sp³-hybridized carbons (Fsp3) is 0.158. The summed E-state index contributed by atoms with van der Waals surface area (Å²) in [7, 11) is 0. The average Bonchev–Trinajstić information content (AvgIpc) is 2.87. The van der Waals surface area contributed by atoms with E-state index in [0.29, 0.717) is 16.1 Å². The van der Waals surface area contributed by atoms with Gasteiger partial charge in [0, 0.05) is 17.1 Å². The molecular formula is C19H16ClNO5. The number of β-amino-alcohol motifs (C(OH)–C–C–N with tert-alkyl or cyclic N) is 1. The number of phenols is 1. The molecule has 2 aromatic carbocycles. The number of ketones is 1. The number of hydrogen-bond donors (Lipinski definition) is 3. The van der Waals surface area contributed by atoms with Gasteiger partial charge >= 0.3 is 0 Å². The van der Waals surface area contributed by atoms with Crippen molar-refractivity contribution in [2.45, 2.75) is 6.04 Å². The molecule has 1 fully saturated rings. The number of Topliss-reactive ketones (excluding diaryl/α,β-unsaturated/α-hetero) is 1. The van der Waals surface area contributed by atoms with Gasteiger partial charge in [0.25, 0.3) is 11.7 Å². The van der Waals surface area contributed by atoms with Crippen LogP contribution in [0.25, 0.3) is 5.76 Å². The summed E-state index contributed by atoms with van der Waals surface area (Å²) in [6.07, 6.45) is 0. The van der Waals surface area contributed by atoms with Gasteiger partial charge in [-0.2, -0.15) is 0 Å². The molecule has 134 valence electrons. The van der Waals surface area contributed by atoms with E-state index in [1.807, 2.05) is 0 Å². The summed E-state index contributed by atoms with van der Waals surface area (Å²) in [6.45, 7) is -0.425. The van der Waals surface area contributed by atoms with E-state index in [4.69, 9.17) is 11.6 Å². The van der Waals surface area contributed by atoms with Gasteiger partial charge in [-0.25, -0.2) is 0 Å². The number of benzene rings is 2. The normalized spacial score (nSPS) is 19.2. The highest BCUT2D eigenvalue weighted by molar-refractivity contribution is 6.46. The van der Waals surface area contributed by atoms with Crippen LogP contribution in [-0.4, -0.2) is 45.1 Å². The molecule has 1 aliphatic heterocycles. The zero-order chi connectivity index (χ0) is 18.8. The molecule has 1 aliphatic rings. The lowest BCUT2D eigenvalue weighted by molar-refractivity contribution is -0.140. The highest BCUT2D eigenvalue weighted by Gasteiger charge is 2.45. The Morgan fingerprint density at radius 1 is 1.12 bits per heavy atom. The van der Waals surface area contributed by atoms with Crippen molar-refractivity contribution in [3.8, 4) is 5.75 Å². The Balaban J connectivity index is 2.19. The molecule has 1 saturated heterocycles. The first-order valence-corrected chi connectivity index (χ1v) is 8.26. The second kappa shape index (κ2) is 7.19. The van der Waals surface area contributed by atoms with E-state index < -0.39 is 17.7 Å². The molecule has 0 spiro atoms. The van der Waals surface area contributed by atoms with Gasteiger partial charge in [0.15, 0.2) is 0 Å². The maximum atomic E-state index is 12.6. The molecule has 1 heterocycles. The van der Waals surface area contributed by atoms with E-state index in [0.717, 1.165) is 0 Å². The van der Waals surface area contributed by atoms with Crippen LogP contribution < -0.4 is 0 Å². The minimum atomic E-state index is -0.912. The van der Waals surface area contributed by atoms with Crippen molar-refractivity contribution < 1.29 is 24.9 Å². The molecule has 1 atom stereocenters. The van der Waals surface area contributed by atoms with Gasteiger partial charge in [-0.3, -0.25) is 9.59 Å². The van der Waals surface area contributed by atoms with E-state index in [9.17, 15) is 24.9 Å².